The van der Waals surface area contributed by atoms with E-state index in [0.717, 1.165) is 31.6 Å². The summed E-state index contributed by atoms with van der Waals surface area (Å²) in [5, 5.41) is 11.5. The van der Waals surface area contributed by atoms with Crippen LogP contribution in [0.5, 0.6) is 0 Å². The summed E-state index contributed by atoms with van der Waals surface area (Å²) in [4.78, 5) is 24.5. The lowest BCUT2D eigenvalue weighted by atomic mass is 9.87. The smallest absolute Gasteiger partial charge is 0.371 e. The van der Waals surface area contributed by atoms with Gasteiger partial charge in [0.2, 0.25) is 5.76 Å². The van der Waals surface area contributed by atoms with Crippen LogP contribution in [0.4, 0.5) is 4.79 Å². The Balaban J connectivity index is 1.81. The number of rotatable bonds is 4. The van der Waals surface area contributed by atoms with Gasteiger partial charge in [-0.25, -0.2) is 9.59 Å². The van der Waals surface area contributed by atoms with Gasteiger partial charge in [0.15, 0.2) is 0 Å². The third-order valence-corrected chi connectivity index (χ3v) is 4.14. The quantitative estimate of drug-likeness (QED) is 0.894. The zero-order valence-electron chi connectivity index (χ0n) is 12.5. The summed E-state index contributed by atoms with van der Waals surface area (Å²) in [5.41, 5.74) is 0. The molecule has 2 rings (SSSR count). The van der Waals surface area contributed by atoms with Crippen LogP contribution in [-0.4, -0.2) is 35.1 Å². The van der Waals surface area contributed by atoms with E-state index in [1.54, 1.807) is 18.0 Å². The standard InChI is InChI=1S/C15H22N2O4/c1-10-3-5-11(6-4-10)17(2)15(20)16-9-12-7-8-13(21-12)14(18)19/h7-8,10-11H,3-6,9H2,1-2H3,(H,16,20)(H,18,19). The van der Waals surface area contributed by atoms with Gasteiger partial charge >= 0.3 is 12.0 Å². The van der Waals surface area contributed by atoms with Crippen LogP contribution in [0.25, 0.3) is 0 Å². The number of nitrogens with one attached hydrogen (secondary N) is 1. The van der Waals surface area contributed by atoms with E-state index in [4.69, 9.17) is 9.52 Å². The van der Waals surface area contributed by atoms with E-state index in [2.05, 4.69) is 12.2 Å². The summed E-state index contributed by atoms with van der Waals surface area (Å²) in [6, 6.07) is 3.08. The van der Waals surface area contributed by atoms with Crippen molar-refractivity contribution in [2.24, 2.45) is 5.92 Å². The first-order valence-corrected chi connectivity index (χ1v) is 7.30. The highest BCUT2D eigenvalue weighted by atomic mass is 16.4. The molecular weight excluding hydrogens is 272 g/mol. The minimum absolute atomic E-state index is 0.117. The Labute approximate surface area is 124 Å². The number of aromatic carboxylic acids is 1. The zero-order valence-corrected chi connectivity index (χ0v) is 12.5. The number of hydrogen-bond acceptors (Lipinski definition) is 3. The van der Waals surface area contributed by atoms with Gasteiger partial charge < -0.3 is 19.7 Å². The lowest BCUT2D eigenvalue weighted by Crippen LogP contribution is -2.44. The number of amides is 2. The van der Waals surface area contributed by atoms with Crippen molar-refractivity contribution in [3.63, 3.8) is 0 Å². The molecule has 0 unspecified atom stereocenters. The number of hydrogen-bond donors (Lipinski definition) is 2. The molecule has 0 aliphatic heterocycles. The van der Waals surface area contributed by atoms with E-state index in [1.165, 1.54) is 6.07 Å². The third kappa shape index (κ3) is 4.00. The fraction of sp³-hybridized carbons (Fsp3) is 0.600. The number of carboxylic acid groups (broad SMARTS) is 1. The van der Waals surface area contributed by atoms with Crippen LogP contribution in [0.15, 0.2) is 16.5 Å². The molecule has 0 saturated heterocycles. The largest absolute Gasteiger partial charge is 0.475 e. The minimum Gasteiger partial charge on any atom is -0.475 e. The second-order valence-corrected chi connectivity index (χ2v) is 5.75. The zero-order chi connectivity index (χ0) is 15.4. The lowest BCUT2D eigenvalue weighted by Gasteiger charge is -2.33. The molecule has 6 nitrogen and oxygen atoms in total. The van der Waals surface area contributed by atoms with Crippen molar-refractivity contribution < 1.29 is 19.1 Å². The molecule has 1 saturated carbocycles. The van der Waals surface area contributed by atoms with Crippen molar-refractivity contribution in [3.05, 3.63) is 23.7 Å². The van der Waals surface area contributed by atoms with Crippen molar-refractivity contribution in [3.8, 4) is 0 Å². The van der Waals surface area contributed by atoms with Crippen LogP contribution in [0.1, 0.15) is 48.9 Å². The maximum atomic E-state index is 12.1. The molecule has 2 N–H and O–H groups in total. The van der Waals surface area contributed by atoms with Crippen molar-refractivity contribution in [2.75, 3.05) is 7.05 Å². The Morgan fingerprint density at radius 3 is 2.57 bits per heavy atom. The van der Waals surface area contributed by atoms with Gasteiger partial charge in [-0.2, -0.15) is 0 Å². The summed E-state index contributed by atoms with van der Waals surface area (Å²) >= 11 is 0. The molecule has 0 bridgehead atoms. The predicted octanol–water partition coefficient (Wildman–Crippen LogP) is 2.70. The first-order valence-electron chi connectivity index (χ1n) is 7.30. The Hall–Kier alpha value is -1.98. The lowest BCUT2D eigenvalue weighted by molar-refractivity contribution is 0.0660. The van der Waals surface area contributed by atoms with Gasteiger partial charge in [-0.05, 0) is 43.7 Å². The van der Waals surface area contributed by atoms with Crippen molar-refractivity contribution in [1.82, 2.24) is 10.2 Å². The normalized spacial score (nSPS) is 21.8. The van der Waals surface area contributed by atoms with Crippen LogP contribution in [0.2, 0.25) is 0 Å². The van der Waals surface area contributed by atoms with Crippen LogP contribution in [0.3, 0.4) is 0 Å². The van der Waals surface area contributed by atoms with Crippen molar-refractivity contribution in [2.45, 2.75) is 45.2 Å². The Kier molecular flexibility index (Phi) is 4.88. The summed E-state index contributed by atoms with van der Waals surface area (Å²) in [6.45, 7) is 2.44. The van der Waals surface area contributed by atoms with Gasteiger partial charge in [-0.15, -0.1) is 0 Å². The van der Waals surface area contributed by atoms with Gasteiger partial charge in [0, 0.05) is 13.1 Å². The molecular formula is C15H22N2O4. The monoisotopic (exact) mass is 294 g/mol. The van der Waals surface area contributed by atoms with Crippen molar-refractivity contribution in [1.29, 1.82) is 0 Å². The van der Waals surface area contributed by atoms with Crippen LogP contribution >= 0.6 is 0 Å². The Morgan fingerprint density at radius 2 is 2.00 bits per heavy atom. The molecule has 0 spiro atoms. The van der Waals surface area contributed by atoms with Gasteiger partial charge in [-0.1, -0.05) is 6.92 Å². The van der Waals surface area contributed by atoms with Crippen LogP contribution in [-0.2, 0) is 6.54 Å². The third-order valence-electron chi connectivity index (χ3n) is 4.14. The van der Waals surface area contributed by atoms with E-state index < -0.39 is 5.97 Å². The fourth-order valence-electron chi connectivity index (χ4n) is 2.67. The average molecular weight is 294 g/mol. The molecule has 6 heteroatoms. The molecule has 1 aliphatic rings. The predicted molar refractivity (Wildman–Crippen MR) is 77.1 cm³/mol. The van der Waals surface area contributed by atoms with Gasteiger partial charge in [0.05, 0.1) is 6.54 Å². The number of carbonyl (C=O) groups excluding carboxylic acids is 1. The minimum atomic E-state index is -1.11. The summed E-state index contributed by atoms with van der Waals surface area (Å²) in [7, 11) is 1.81. The number of urea groups is 1. The molecule has 1 aliphatic carbocycles. The summed E-state index contributed by atoms with van der Waals surface area (Å²) in [6.07, 6.45) is 4.38. The second kappa shape index (κ2) is 6.65. The molecule has 116 valence electrons. The van der Waals surface area contributed by atoms with E-state index in [-0.39, 0.29) is 24.4 Å². The molecule has 0 atom stereocenters. The topological polar surface area (TPSA) is 82.8 Å². The highest BCUT2D eigenvalue weighted by molar-refractivity contribution is 5.84. The first kappa shape index (κ1) is 15.4. The molecule has 1 heterocycles. The fourth-order valence-corrected chi connectivity index (χ4v) is 2.67. The molecule has 2 amide bonds. The maximum absolute atomic E-state index is 12.1. The molecule has 1 aromatic rings. The van der Waals surface area contributed by atoms with Crippen LogP contribution < -0.4 is 5.32 Å². The number of carbonyl (C=O) groups is 2. The van der Waals surface area contributed by atoms with E-state index in [0.29, 0.717) is 5.76 Å². The number of carboxylic acids is 1. The molecule has 0 radical (unpaired) electrons. The Bertz CT molecular complexity index is 504. The summed E-state index contributed by atoms with van der Waals surface area (Å²) < 4.78 is 5.10. The maximum Gasteiger partial charge on any atom is 0.371 e. The Morgan fingerprint density at radius 1 is 1.33 bits per heavy atom. The van der Waals surface area contributed by atoms with Gasteiger partial charge in [-0.3, -0.25) is 0 Å². The molecule has 0 aromatic carbocycles. The first-order chi connectivity index (χ1) is 9.97. The highest BCUT2D eigenvalue weighted by Crippen LogP contribution is 2.26. The van der Waals surface area contributed by atoms with Gasteiger partial charge in [0.25, 0.3) is 0 Å². The SMILES string of the molecule is CC1CCC(N(C)C(=O)NCc2ccc(C(=O)O)o2)CC1. The molecule has 21 heavy (non-hydrogen) atoms. The molecule has 1 fully saturated rings. The summed E-state index contributed by atoms with van der Waals surface area (Å²) in [5.74, 6) is -0.0448. The van der Waals surface area contributed by atoms with Crippen molar-refractivity contribution >= 4 is 12.0 Å². The van der Waals surface area contributed by atoms with E-state index in [1.807, 2.05) is 0 Å². The van der Waals surface area contributed by atoms with E-state index >= 15 is 0 Å². The van der Waals surface area contributed by atoms with E-state index in [9.17, 15) is 9.59 Å². The second-order valence-electron chi connectivity index (χ2n) is 5.75. The number of nitrogens with zero attached hydrogens (tertiary/aromatic N) is 1. The van der Waals surface area contributed by atoms with Gasteiger partial charge in [0.1, 0.15) is 5.76 Å². The van der Waals surface area contributed by atoms with Crippen LogP contribution in [0, 0.1) is 5.92 Å². The highest BCUT2D eigenvalue weighted by Gasteiger charge is 2.24. The average Bonchev–Trinajstić information content (AvgIpc) is 2.94. The molecule has 1 aromatic heterocycles. The number of furan rings is 1.